The Hall–Kier alpha value is -1.23. The Morgan fingerprint density at radius 3 is 2.75 bits per heavy atom. The molecule has 0 spiro atoms. The van der Waals surface area contributed by atoms with Crippen LogP contribution in [0.2, 0.25) is 0 Å². The van der Waals surface area contributed by atoms with Crippen molar-refractivity contribution >= 4 is 15.9 Å². The zero-order valence-corrected chi connectivity index (χ0v) is 10.1. The third-order valence-corrected chi connectivity index (χ3v) is 3.00. The summed E-state index contributed by atoms with van der Waals surface area (Å²) < 4.78 is 29.1. The summed E-state index contributed by atoms with van der Waals surface area (Å²) in [6, 6.07) is 2.60. The van der Waals surface area contributed by atoms with Crippen LogP contribution in [0, 0.1) is 18.6 Å². The van der Waals surface area contributed by atoms with Crippen LogP contribution in [0.5, 0.6) is 0 Å². The number of nitrogens with zero attached hydrogens (tertiary/aromatic N) is 2. The molecule has 0 saturated carbocycles. The number of rotatable bonds is 2. The lowest BCUT2D eigenvalue weighted by Gasteiger charge is -2.08. The monoisotopic (exact) mass is 286 g/mol. The normalized spacial score (nSPS) is 10.8. The molecular weight excluding hydrogens is 278 g/mol. The van der Waals surface area contributed by atoms with E-state index in [1.807, 2.05) is 0 Å². The van der Waals surface area contributed by atoms with Gasteiger partial charge in [0.1, 0.15) is 17.5 Å². The Labute approximate surface area is 100 Å². The van der Waals surface area contributed by atoms with E-state index < -0.39 is 11.6 Å². The molecule has 2 rings (SSSR count). The summed E-state index contributed by atoms with van der Waals surface area (Å²) in [6.07, 6.45) is 3.29. The molecule has 0 fully saturated rings. The summed E-state index contributed by atoms with van der Waals surface area (Å²) in [7, 11) is 0. The minimum Gasteiger partial charge on any atom is -0.331 e. The highest BCUT2D eigenvalue weighted by Crippen LogP contribution is 2.22. The van der Waals surface area contributed by atoms with Crippen molar-refractivity contribution in [3.8, 4) is 0 Å². The number of hydrogen-bond donors (Lipinski definition) is 0. The minimum absolute atomic E-state index is 0.0375. The second kappa shape index (κ2) is 4.33. The molecule has 0 saturated heterocycles. The number of benzene rings is 1. The predicted molar refractivity (Wildman–Crippen MR) is 60.1 cm³/mol. The Bertz CT molecular complexity index is 523. The van der Waals surface area contributed by atoms with Gasteiger partial charge in [-0.25, -0.2) is 13.8 Å². The van der Waals surface area contributed by atoms with E-state index in [2.05, 4.69) is 20.9 Å². The van der Waals surface area contributed by atoms with Gasteiger partial charge < -0.3 is 4.57 Å². The average Bonchev–Trinajstić information content (AvgIpc) is 2.65. The van der Waals surface area contributed by atoms with Crippen molar-refractivity contribution in [1.82, 2.24) is 9.55 Å². The van der Waals surface area contributed by atoms with Crippen LogP contribution in [0.25, 0.3) is 0 Å². The van der Waals surface area contributed by atoms with Crippen LogP contribution in [-0.2, 0) is 6.54 Å². The molecule has 0 aliphatic carbocycles. The van der Waals surface area contributed by atoms with E-state index in [1.54, 1.807) is 23.9 Å². The SMILES string of the molecule is Cc1nccn1Cc1c(F)ccc(Br)c1F. The van der Waals surface area contributed by atoms with Crippen LogP contribution < -0.4 is 0 Å². The van der Waals surface area contributed by atoms with Crippen LogP contribution in [0.3, 0.4) is 0 Å². The van der Waals surface area contributed by atoms with E-state index in [1.165, 1.54) is 12.1 Å². The smallest absolute Gasteiger partial charge is 0.145 e. The zero-order chi connectivity index (χ0) is 11.7. The fourth-order valence-electron chi connectivity index (χ4n) is 1.46. The number of hydrogen-bond acceptors (Lipinski definition) is 1. The van der Waals surface area contributed by atoms with Gasteiger partial charge >= 0.3 is 0 Å². The molecule has 1 heterocycles. The Balaban J connectivity index is 2.42. The average molecular weight is 287 g/mol. The maximum Gasteiger partial charge on any atom is 0.145 e. The van der Waals surface area contributed by atoms with Gasteiger partial charge in [0.15, 0.2) is 0 Å². The van der Waals surface area contributed by atoms with E-state index in [0.29, 0.717) is 0 Å². The molecule has 0 bridgehead atoms. The molecule has 84 valence electrons. The highest BCUT2D eigenvalue weighted by molar-refractivity contribution is 9.10. The minimum atomic E-state index is -0.562. The van der Waals surface area contributed by atoms with Gasteiger partial charge in [-0.15, -0.1) is 0 Å². The van der Waals surface area contributed by atoms with Crippen LogP contribution in [-0.4, -0.2) is 9.55 Å². The largest absolute Gasteiger partial charge is 0.331 e. The van der Waals surface area contributed by atoms with Gasteiger partial charge in [-0.3, -0.25) is 0 Å². The number of imidazole rings is 1. The quantitative estimate of drug-likeness (QED) is 0.775. The summed E-state index contributed by atoms with van der Waals surface area (Å²) in [5, 5.41) is 0. The zero-order valence-electron chi connectivity index (χ0n) is 8.54. The highest BCUT2D eigenvalue weighted by Gasteiger charge is 2.13. The highest BCUT2D eigenvalue weighted by atomic mass is 79.9. The third-order valence-electron chi connectivity index (χ3n) is 2.39. The number of aromatic nitrogens is 2. The molecule has 0 unspecified atom stereocenters. The molecule has 0 aliphatic rings. The Morgan fingerprint density at radius 2 is 2.12 bits per heavy atom. The second-order valence-electron chi connectivity index (χ2n) is 3.42. The topological polar surface area (TPSA) is 17.8 Å². The summed E-state index contributed by atoms with van der Waals surface area (Å²) in [5.74, 6) is -0.388. The van der Waals surface area contributed by atoms with Gasteiger partial charge in [-0.2, -0.15) is 0 Å². The first-order valence-electron chi connectivity index (χ1n) is 4.69. The lowest BCUT2D eigenvalue weighted by atomic mass is 10.2. The van der Waals surface area contributed by atoms with Crippen molar-refractivity contribution in [3.63, 3.8) is 0 Å². The van der Waals surface area contributed by atoms with Crippen LogP contribution in [0.15, 0.2) is 29.0 Å². The molecule has 0 atom stereocenters. The van der Waals surface area contributed by atoms with Gasteiger partial charge in [-0.1, -0.05) is 0 Å². The van der Waals surface area contributed by atoms with E-state index in [0.717, 1.165) is 5.82 Å². The summed E-state index contributed by atoms with van der Waals surface area (Å²) in [6.45, 7) is 1.93. The fourth-order valence-corrected chi connectivity index (χ4v) is 1.83. The van der Waals surface area contributed by atoms with Crippen molar-refractivity contribution in [3.05, 3.63) is 52.0 Å². The molecule has 16 heavy (non-hydrogen) atoms. The van der Waals surface area contributed by atoms with Gasteiger partial charge in [-0.05, 0) is 35.0 Å². The summed E-state index contributed by atoms with van der Waals surface area (Å²) in [4.78, 5) is 4.00. The molecule has 1 aromatic carbocycles. The Kier molecular flexibility index (Phi) is 3.05. The molecule has 2 aromatic rings. The third kappa shape index (κ3) is 2.00. The summed E-state index contributed by atoms with van der Waals surface area (Å²) >= 11 is 3.04. The standard InChI is InChI=1S/C11H9BrF2N2/c1-7-15-4-5-16(7)6-8-10(13)3-2-9(12)11(8)14/h2-5H,6H2,1H3. The molecular formula is C11H9BrF2N2. The molecule has 5 heteroatoms. The lowest BCUT2D eigenvalue weighted by Crippen LogP contribution is -2.06. The second-order valence-corrected chi connectivity index (χ2v) is 4.28. The van der Waals surface area contributed by atoms with Gasteiger partial charge in [0.05, 0.1) is 11.0 Å². The maximum atomic E-state index is 13.7. The lowest BCUT2D eigenvalue weighted by molar-refractivity contribution is 0.538. The van der Waals surface area contributed by atoms with E-state index >= 15 is 0 Å². The molecule has 1 aromatic heterocycles. The van der Waals surface area contributed by atoms with Crippen LogP contribution in [0.1, 0.15) is 11.4 Å². The van der Waals surface area contributed by atoms with Crippen LogP contribution in [0.4, 0.5) is 8.78 Å². The Morgan fingerprint density at radius 1 is 1.38 bits per heavy atom. The molecule has 0 amide bonds. The van der Waals surface area contributed by atoms with Crippen molar-refractivity contribution < 1.29 is 8.78 Å². The van der Waals surface area contributed by atoms with Crippen molar-refractivity contribution in [2.24, 2.45) is 0 Å². The molecule has 0 N–H and O–H groups in total. The van der Waals surface area contributed by atoms with Gasteiger partial charge in [0.25, 0.3) is 0 Å². The predicted octanol–water partition coefficient (Wildman–Crippen LogP) is 3.28. The first kappa shape index (κ1) is 11.3. The van der Waals surface area contributed by atoms with E-state index in [-0.39, 0.29) is 16.6 Å². The molecule has 0 aliphatic heterocycles. The molecule has 0 radical (unpaired) electrons. The van der Waals surface area contributed by atoms with Crippen molar-refractivity contribution in [1.29, 1.82) is 0 Å². The van der Waals surface area contributed by atoms with E-state index in [9.17, 15) is 8.78 Å². The summed E-state index contributed by atoms with van der Waals surface area (Å²) in [5.41, 5.74) is 0.0375. The maximum absolute atomic E-state index is 13.7. The number of aryl methyl sites for hydroxylation is 1. The first-order valence-corrected chi connectivity index (χ1v) is 5.49. The van der Waals surface area contributed by atoms with Gasteiger partial charge in [0, 0.05) is 18.0 Å². The van der Waals surface area contributed by atoms with Crippen LogP contribution >= 0.6 is 15.9 Å². The van der Waals surface area contributed by atoms with Crippen molar-refractivity contribution in [2.75, 3.05) is 0 Å². The number of halogens is 3. The fraction of sp³-hybridized carbons (Fsp3) is 0.182. The van der Waals surface area contributed by atoms with Gasteiger partial charge in [0.2, 0.25) is 0 Å². The molecule has 2 nitrogen and oxygen atoms in total. The first-order chi connectivity index (χ1) is 7.59. The van der Waals surface area contributed by atoms with Crippen molar-refractivity contribution in [2.45, 2.75) is 13.5 Å². The van der Waals surface area contributed by atoms with E-state index in [4.69, 9.17) is 0 Å².